The second-order valence-corrected chi connectivity index (χ2v) is 4.88. The Morgan fingerprint density at radius 1 is 1.48 bits per heavy atom. The van der Waals surface area contributed by atoms with Crippen molar-refractivity contribution in [2.24, 2.45) is 5.16 Å². The summed E-state index contributed by atoms with van der Waals surface area (Å²) in [5, 5.41) is 12.2. The summed E-state index contributed by atoms with van der Waals surface area (Å²) in [6.07, 6.45) is -5.36. The Labute approximate surface area is 136 Å². The van der Waals surface area contributed by atoms with Crippen LogP contribution in [0.25, 0.3) is 0 Å². The highest BCUT2D eigenvalue weighted by molar-refractivity contribution is 7.60. The van der Waals surface area contributed by atoms with Gasteiger partial charge in [0.05, 0.1) is 11.3 Å². The van der Waals surface area contributed by atoms with Gasteiger partial charge in [-0.3, -0.25) is 0 Å². The number of rotatable bonds is 3. The molecule has 0 saturated heterocycles. The van der Waals surface area contributed by atoms with Crippen molar-refractivity contribution in [2.45, 2.75) is 26.1 Å². The SMILES string of the molecule is C/C(=N\OC(C)C#N)c1cc(Cl)ccc1C(F)(F)F.N=S(=O)=O. The largest absolute Gasteiger partial charge is 0.417 e. The van der Waals surface area contributed by atoms with E-state index in [4.69, 9.17) is 34.9 Å². The van der Waals surface area contributed by atoms with Gasteiger partial charge in [0.2, 0.25) is 6.10 Å². The third-order valence-corrected chi connectivity index (χ3v) is 2.44. The third kappa shape index (κ3) is 8.18. The molecule has 23 heavy (non-hydrogen) atoms. The quantitative estimate of drug-likeness (QED) is 0.648. The minimum absolute atomic E-state index is 0.00285. The van der Waals surface area contributed by atoms with E-state index in [1.807, 2.05) is 0 Å². The van der Waals surface area contributed by atoms with Crippen LogP contribution in [0.3, 0.4) is 0 Å². The summed E-state index contributed by atoms with van der Waals surface area (Å²) >= 11 is 5.69. The Kier molecular flexibility index (Phi) is 8.28. The van der Waals surface area contributed by atoms with Gasteiger partial charge >= 0.3 is 16.7 Å². The van der Waals surface area contributed by atoms with Crippen LogP contribution in [0.1, 0.15) is 25.0 Å². The Morgan fingerprint density at radius 3 is 2.43 bits per heavy atom. The molecule has 1 unspecified atom stereocenters. The molecule has 0 bridgehead atoms. The van der Waals surface area contributed by atoms with E-state index in [1.165, 1.54) is 13.8 Å². The Hall–Kier alpha value is -2.12. The summed E-state index contributed by atoms with van der Waals surface area (Å²) in [6, 6.07) is 4.94. The van der Waals surface area contributed by atoms with Crippen molar-refractivity contribution in [3.8, 4) is 6.07 Å². The zero-order valence-electron chi connectivity index (χ0n) is 11.8. The van der Waals surface area contributed by atoms with Crippen molar-refractivity contribution < 1.29 is 26.4 Å². The molecule has 0 aromatic heterocycles. The van der Waals surface area contributed by atoms with E-state index in [-0.39, 0.29) is 16.3 Å². The van der Waals surface area contributed by atoms with Crippen LogP contribution in [0.2, 0.25) is 5.02 Å². The van der Waals surface area contributed by atoms with Gasteiger partial charge in [-0.2, -0.15) is 31.6 Å². The van der Waals surface area contributed by atoms with Crippen LogP contribution in [0.15, 0.2) is 23.4 Å². The van der Waals surface area contributed by atoms with Crippen molar-refractivity contribution in [1.82, 2.24) is 0 Å². The Balaban J connectivity index is 0.00000108. The Bertz CT molecular complexity index is 720. The molecule has 0 aliphatic carbocycles. The van der Waals surface area contributed by atoms with Gasteiger partial charge in [-0.25, -0.2) is 0 Å². The molecule has 0 fully saturated rings. The molecule has 1 aromatic rings. The summed E-state index contributed by atoms with van der Waals surface area (Å²) < 4.78 is 61.3. The molecular weight excluding hydrogens is 359 g/mol. The van der Waals surface area contributed by atoms with Gasteiger partial charge in [0.25, 0.3) is 0 Å². The van der Waals surface area contributed by atoms with Crippen molar-refractivity contribution in [3.63, 3.8) is 0 Å². The number of nitrogens with zero attached hydrogens (tertiary/aromatic N) is 2. The van der Waals surface area contributed by atoms with Crippen LogP contribution >= 0.6 is 11.6 Å². The fourth-order valence-corrected chi connectivity index (χ4v) is 1.47. The lowest BCUT2D eigenvalue weighted by molar-refractivity contribution is -0.137. The van der Waals surface area contributed by atoms with Crippen LogP contribution in [0, 0.1) is 16.1 Å². The van der Waals surface area contributed by atoms with E-state index < -0.39 is 28.3 Å². The maximum Gasteiger partial charge on any atom is 0.417 e. The van der Waals surface area contributed by atoms with E-state index in [9.17, 15) is 13.2 Å². The minimum Gasteiger partial charge on any atom is -0.377 e. The number of hydrogen-bond donors (Lipinski definition) is 1. The van der Waals surface area contributed by atoms with Crippen molar-refractivity contribution in [3.05, 3.63) is 34.3 Å². The topological polar surface area (TPSA) is 103 Å². The summed E-state index contributed by atoms with van der Waals surface area (Å²) in [6.45, 7) is 2.78. The van der Waals surface area contributed by atoms with Gasteiger partial charge in [-0.05, 0) is 32.0 Å². The first-order valence-electron chi connectivity index (χ1n) is 5.76. The van der Waals surface area contributed by atoms with Gasteiger partial charge in [-0.15, -0.1) is 0 Å². The molecule has 1 rings (SSSR count). The van der Waals surface area contributed by atoms with Gasteiger partial charge in [0, 0.05) is 10.6 Å². The van der Waals surface area contributed by atoms with E-state index in [0.29, 0.717) is 0 Å². The van der Waals surface area contributed by atoms with Gasteiger partial charge in [-0.1, -0.05) is 16.8 Å². The summed E-state index contributed by atoms with van der Waals surface area (Å²) in [7, 11) is -2.61. The van der Waals surface area contributed by atoms with Gasteiger partial charge < -0.3 is 4.84 Å². The first kappa shape index (κ1) is 20.9. The molecule has 1 N–H and O–H groups in total. The molecule has 6 nitrogen and oxygen atoms in total. The molecule has 1 aromatic carbocycles. The first-order chi connectivity index (χ1) is 10.5. The molecule has 0 aliphatic rings. The normalized spacial score (nSPS) is 12.5. The third-order valence-electron chi connectivity index (χ3n) is 2.21. The number of nitriles is 1. The molecule has 0 radical (unpaired) electrons. The predicted octanol–water partition coefficient (Wildman–Crippen LogP) is 3.64. The van der Waals surface area contributed by atoms with Crippen molar-refractivity contribution >= 4 is 27.8 Å². The standard InChI is InChI=1S/C12H10ClF3N2O.HNO2S/c1-7(6-17)19-18-8(2)10-5-9(13)3-4-11(10)12(14,15)16;1-4(2)3/h3-5,7H,1-2H3;1H/b18-8+;. The lowest BCUT2D eigenvalue weighted by Gasteiger charge is -2.13. The number of alkyl halides is 3. The van der Waals surface area contributed by atoms with Gasteiger partial charge in [0.1, 0.15) is 6.07 Å². The van der Waals surface area contributed by atoms with Crippen LogP contribution in [-0.2, 0) is 21.5 Å². The lowest BCUT2D eigenvalue weighted by Crippen LogP contribution is -2.13. The lowest BCUT2D eigenvalue weighted by atomic mass is 10.0. The van der Waals surface area contributed by atoms with Gasteiger partial charge in [0.15, 0.2) is 0 Å². The van der Waals surface area contributed by atoms with E-state index >= 15 is 0 Å². The monoisotopic (exact) mass is 369 g/mol. The average Bonchev–Trinajstić information content (AvgIpc) is 2.42. The molecule has 0 aliphatic heterocycles. The summed E-state index contributed by atoms with van der Waals surface area (Å²) in [5.74, 6) is 0. The van der Waals surface area contributed by atoms with Crippen LogP contribution in [-0.4, -0.2) is 20.2 Å². The molecule has 1 atom stereocenters. The van der Waals surface area contributed by atoms with Crippen LogP contribution < -0.4 is 0 Å². The highest BCUT2D eigenvalue weighted by Gasteiger charge is 2.34. The number of benzene rings is 1. The molecule has 126 valence electrons. The molecule has 0 saturated carbocycles. The molecule has 0 heterocycles. The van der Waals surface area contributed by atoms with E-state index in [1.54, 1.807) is 6.07 Å². The van der Waals surface area contributed by atoms with Crippen LogP contribution in [0.5, 0.6) is 0 Å². The number of oxime groups is 1. The van der Waals surface area contributed by atoms with Crippen molar-refractivity contribution in [2.75, 3.05) is 0 Å². The maximum atomic E-state index is 12.8. The fraction of sp³-hybridized carbons (Fsp3) is 0.333. The predicted molar refractivity (Wildman–Crippen MR) is 76.5 cm³/mol. The number of nitrogens with one attached hydrogen (secondary N) is 1. The molecular formula is C12H11ClF3N3O3S. The maximum absolute atomic E-state index is 12.8. The molecule has 0 spiro atoms. The van der Waals surface area contributed by atoms with Crippen molar-refractivity contribution in [1.29, 1.82) is 10.0 Å². The summed E-state index contributed by atoms with van der Waals surface area (Å²) in [5.41, 5.74) is -1.03. The zero-order valence-corrected chi connectivity index (χ0v) is 13.4. The highest BCUT2D eigenvalue weighted by atomic mass is 35.5. The first-order valence-corrected chi connectivity index (χ1v) is 7.22. The molecule has 0 amide bonds. The number of halogens is 4. The highest BCUT2D eigenvalue weighted by Crippen LogP contribution is 2.33. The number of hydrogen-bond acceptors (Lipinski definition) is 6. The Morgan fingerprint density at radius 2 is 2.00 bits per heavy atom. The van der Waals surface area contributed by atoms with Crippen LogP contribution in [0.4, 0.5) is 13.2 Å². The van der Waals surface area contributed by atoms with E-state index in [0.717, 1.165) is 18.2 Å². The fourth-order valence-electron chi connectivity index (χ4n) is 1.29. The smallest absolute Gasteiger partial charge is 0.377 e. The second-order valence-electron chi connectivity index (χ2n) is 3.98. The minimum atomic E-state index is -4.52. The second kappa shape index (κ2) is 9.12. The summed E-state index contributed by atoms with van der Waals surface area (Å²) in [4.78, 5) is 4.73. The molecule has 11 heteroatoms. The van der Waals surface area contributed by atoms with E-state index in [2.05, 4.69) is 5.16 Å². The zero-order chi connectivity index (χ0) is 18.2. The average molecular weight is 370 g/mol.